The van der Waals surface area contributed by atoms with Crippen molar-refractivity contribution in [3.05, 3.63) is 106 Å². The molecule has 0 aromatic heterocycles. The molecule has 0 heterocycles. The molecule has 3 aromatic rings. The zero-order valence-electron chi connectivity index (χ0n) is 17.5. The minimum absolute atomic E-state index is 0.0585. The zero-order valence-corrected chi connectivity index (χ0v) is 18.3. The highest BCUT2D eigenvalue weighted by Gasteiger charge is 2.38. The van der Waals surface area contributed by atoms with Gasteiger partial charge in [-0.2, -0.15) is 5.26 Å². The first-order valence-corrected chi connectivity index (χ1v) is 10.5. The topological polar surface area (TPSA) is 73.1 Å². The Hall–Kier alpha value is -3.13. The van der Waals surface area contributed by atoms with E-state index in [1.165, 1.54) is 0 Å². The van der Waals surface area contributed by atoms with E-state index in [1.807, 2.05) is 79.7 Å². The van der Waals surface area contributed by atoms with E-state index >= 15 is 0 Å². The summed E-state index contributed by atoms with van der Waals surface area (Å²) in [4.78, 5) is 12.3. The van der Waals surface area contributed by atoms with Crippen molar-refractivity contribution in [2.75, 3.05) is 0 Å². The van der Waals surface area contributed by atoms with Crippen molar-refractivity contribution in [2.24, 2.45) is 0 Å². The number of aliphatic carboxylic acids is 1. The quantitative estimate of drug-likeness (QED) is 0.491. The van der Waals surface area contributed by atoms with E-state index < -0.39 is 11.5 Å². The summed E-state index contributed by atoms with van der Waals surface area (Å²) in [6, 6.07) is 26.3. The third-order valence-electron chi connectivity index (χ3n) is 5.71. The van der Waals surface area contributed by atoms with Gasteiger partial charge in [0.15, 0.2) is 0 Å². The van der Waals surface area contributed by atoms with E-state index in [0.29, 0.717) is 22.6 Å². The molecule has 0 saturated heterocycles. The second-order valence-electron chi connectivity index (χ2n) is 7.90. The van der Waals surface area contributed by atoms with Crippen LogP contribution in [0.1, 0.15) is 42.0 Å². The Labute approximate surface area is 188 Å². The number of nitrogens with one attached hydrogen (secondary N) is 1. The molecule has 4 nitrogen and oxygen atoms in total. The fourth-order valence-corrected chi connectivity index (χ4v) is 4.02. The van der Waals surface area contributed by atoms with E-state index in [1.54, 1.807) is 13.0 Å². The smallest absolute Gasteiger partial charge is 0.328 e. The van der Waals surface area contributed by atoms with E-state index in [0.717, 1.165) is 11.1 Å². The Morgan fingerprint density at radius 1 is 1.10 bits per heavy atom. The highest BCUT2D eigenvalue weighted by Crippen LogP contribution is 2.30. The predicted octanol–water partition coefficient (Wildman–Crippen LogP) is 5.52. The van der Waals surface area contributed by atoms with Gasteiger partial charge in [0.1, 0.15) is 5.54 Å². The summed E-state index contributed by atoms with van der Waals surface area (Å²) < 4.78 is 0. The molecule has 158 valence electrons. The molecule has 0 aliphatic carbocycles. The van der Waals surface area contributed by atoms with Crippen molar-refractivity contribution in [3.8, 4) is 6.07 Å². The second-order valence-corrected chi connectivity index (χ2v) is 8.34. The van der Waals surface area contributed by atoms with E-state index in [-0.39, 0.29) is 12.0 Å². The number of hydrogen-bond donors (Lipinski definition) is 2. The van der Waals surface area contributed by atoms with Gasteiger partial charge in [0.25, 0.3) is 0 Å². The molecule has 0 saturated carbocycles. The highest BCUT2D eigenvalue weighted by atomic mass is 35.5. The van der Waals surface area contributed by atoms with Crippen LogP contribution in [-0.2, 0) is 16.8 Å². The zero-order chi connectivity index (χ0) is 22.4. The number of rotatable bonds is 8. The van der Waals surface area contributed by atoms with Crippen molar-refractivity contribution in [1.29, 1.82) is 5.26 Å². The molecule has 3 unspecified atom stereocenters. The number of carboxylic acid groups (broad SMARTS) is 1. The molecule has 0 bridgehead atoms. The maximum absolute atomic E-state index is 12.3. The van der Waals surface area contributed by atoms with Gasteiger partial charge in [0.05, 0.1) is 11.6 Å². The normalized spacial score (nSPS) is 14.8. The van der Waals surface area contributed by atoms with E-state index in [9.17, 15) is 15.2 Å². The van der Waals surface area contributed by atoms with Gasteiger partial charge in [-0.05, 0) is 61.2 Å². The number of nitrogens with zero attached hydrogens (tertiary/aromatic N) is 1. The summed E-state index contributed by atoms with van der Waals surface area (Å²) in [6.07, 6.45) is 0.671. The van der Waals surface area contributed by atoms with Crippen molar-refractivity contribution >= 4 is 17.6 Å². The van der Waals surface area contributed by atoms with Gasteiger partial charge in [-0.3, -0.25) is 5.32 Å². The fraction of sp³-hybridized carbons (Fsp3) is 0.231. The van der Waals surface area contributed by atoms with Crippen molar-refractivity contribution in [3.63, 3.8) is 0 Å². The molecule has 3 rings (SSSR count). The Bertz CT molecular complexity index is 1080. The minimum atomic E-state index is -1.26. The van der Waals surface area contributed by atoms with Crippen LogP contribution in [0.2, 0.25) is 5.02 Å². The van der Waals surface area contributed by atoms with E-state index in [2.05, 4.69) is 11.4 Å². The van der Waals surface area contributed by atoms with Crippen LogP contribution >= 0.6 is 11.6 Å². The summed E-state index contributed by atoms with van der Waals surface area (Å²) in [5.41, 5.74) is 2.07. The van der Waals surface area contributed by atoms with Crippen LogP contribution in [0.3, 0.4) is 0 Å². The summed E-state index contributed by atoms with van der Waals surface area (Å²) in [6.45, 7) is 3.68. The summed E-state index contributed by atoms with van der Waals surface area (Å²) in [7, 11) is 0. The predicted molar refractivity (Wildman–Crippen MR) is 123 cm³/mol. The molecule has 5 heteroatoms. The Morgan fingerprint density at radius 2 is 1.77 bits per heavy atom. The van der Waals surface area contributed by atoms with Crippen LogP contribution in [0.25, 0.3) is 0 Å². The third-order valence-corrected chi connectivity index (χ3v) is 5.96. The number of benzene rings is 3. The van der Waals surface area contributed by atoms with Crippen LogP contribution in [0.15, 0.2) is 78.9 Å². The van der Waals surface area contributed by atoms with Crippen LogP contribution < -0.4 is 5.32 Å². The molecule has 0 aliphatic rings. The van der Waals surface area contributed by atoms with Gasteiger partial charge >= 0.3 is 5.97 Å². The number of nitriles is 1. The molecule has 0 aliphatic heterocycles. The monoisotopic (exact) mass is 432 g/mol. The Kier molecular flexibility index (Phi) is 7.12. The van der Waals surface area contributed by atoms with E-state index in [4.69, 9.17) is 11.6 Å². The molecule has 3 atom stereocenters. The lowest BCUT2D eigenvalue weighted by molar-refractivity contribution is -0.145. The molecule has 2 N–H and O–H groups in total. The Balaban J connectivity index is 1.98. The van der Waals surface area contributed by atoms with Crippen molar-refractivity contribution < 1.29 is 9.90 Å². The van der Waals surface area contributed by atoms with Gasteiger partial charge < -0.3 is 5.11 Å². The summed E-state index contributed by atoms with van der Waals surface area (Å²) in [5.74, 6) is -1.00. The van der Waals surface area contributed by atoms with Crippen LogP contribution in [0.4, 0.5) is 0 Å². The average molecular weight is 433 g/mol. The van der Waals surface area contributed by atoms with Gasteiger partial charge in [-0.25, -0.2) is 4.79 Å². The van der Waals surface area contributed by atoms with Crippen LogP contribution in [0.5, 0.6) is 0 Å². The molecule has 0 fully saturated rings. The second kappa shape index (κ2) is 9.78. The van der Waals surface area contributed by atoms with Crippen LogP contribution in [-0.4, -0.2) is 17.1 Å². The summed E-state index contributed by atoms with van der Waals surface area (Å²) >= 11 is 6.04. The molecule has 0 spiro atoms. The van der Waals surface area contributed by atoms with Gasteiger partial charge in [-0.15, -0.1) is 0 Å². The first-order chi connectivity index (χ1) is 14.8. The third kappa shape index (κ3) is 5.32. The molecule has 0 radical (unpaired) electrons. The number of hydrogen-bond acceptors (Lipinski definition) is 3. The lowest BCUT2D eigenvalue weighted by atomic mass is 9.83. The molecule has 3 aromatic carbocycles. The first-order valence-electron chi connectivity index (χ1n) is 10.1. The minimum Gasteiger partial charge on any atom is -0.480 e. The fourth-order valence-electron chi connectivity index (χ4n) is 3.89. The van der Waals surface area contributed by atoms with Crippen LogP contribution in [0, 0.1) is 11.3 Å². The molecular formula is C26H25ClN2O2. The number of carbonyl (C=O) groups is 1. The number of halogens is 1. The van der Waals surface area contributed by atoms with Gasteiger partial charge in [0.2, 0.25) is 0 Å². The maximum atomic E-state index is 12.3. The Morgan fingerprint density at radius 3 is 2.39 bits per heavy atom. The molecule has 0 amide bonds. The largest absolute Gasteiger partial charge is 0.480 e. The lowest BCUT2D eigenvalue weighted by Gasteiger charge is -2.35. The number of carboxylic acids is 1. The van der Waals surface area contributed by atoms with Crippen molar-refractivity contribution in [1.82, 2.24) is 5.32 Å². The van der Waals surface area contributed by atoms with Gasteiger partial charge in [-0.1, -0.05) is 66.2 Å². The van der Waals surface area contributed by atoms with Crippen molar-refractivity contribution in [2.45, 2.75) is 37.8 Å². The first kappa shape index (κ1) is 22.6. The standard InChI is InChI=1S/C26H25ClN2O2/c1-18(29-26(2,25(30)31)22-9-4-3-5-10-22)24(16-19-11-13-23(27)14-12-19)21-8-6-7-20(15-21)17-28/h3-15,18,24,29H,16H2,1-2H3,(H,30,31). The molecule has 31 heavy (non-hydrogen) atoms. The highest BCUT2D eigenvalue weighted by molar-refractivity contribution is 6.30. The molecular weight excluding hydrogens is 408 g/mol. The summed E-state index contributed by atoms with van der Waals surface area (Å²) in [5, 5.41) is 23.5. The van der Waals surface area contributed by atoms with Gasteiger partial charge in [0, 0.05) is 17.0 Å². The average Bonchev–Trinajstić information content (AvgIpc) is 2.79. The maximum Gasteiger partial charge on any atom is 0.328 e. The SMILES string of the molecule is CC(NC(C)(C(=O)O)c1ccccc1)C(Cc1ccc(Cl)cc1)c1cccc(C#N)c1. The lowest BCUT2D eigenvalue weighted by Crippen LogP contribution is -2.52.